The second kappa shape index (κ2) is 29.5. The van der Waals surface area contributed by atoms with Crippen molar-refractivity contribution in [3.63, 3.8) is 0 Å². The molecule has 0 saturated carbocycles. The van der Waals surface area contributed by atoms with Crippen LogP contribution < -0.4 is 0 Å². The predicted octanol–water partition coefficient (Wildman–Crippen LogP) is 25.5. The van der Waals surface area contributed by atoms with Crippen LogP contribution in [0.4, 0.5) is 0 Å². The highest BCUT2D eigenvalue weighted by atomic mass is 15.0. The summed E-state index contributed by atoms with van der Waals surface area (Å²) in [7, 11) is 0. The van der Waals surface area contributed by atoms with Crippen LogP contribution in [0.5, 0.6) is 0 Å². The molecule has 540 valence electrons. The SMILES string of the molecule is N#Cc1ccc(-c2ccc(C3(c4ccccc4)c4ccccc4-c4c3cc(-c3ccc(-c5nc(-c6ccccc6)nc(-c6ccccc6)n5)cc3)c3ccccc43)cc2)cc1.N#Cc1ccc(-c2ccc(C3(c4ccccc4)c4ccccc4-c4c3cc(-c3nc(-c5ccccc5)nc(-c5ccccc5)n3)c3ccccc43)cc2)cc1. The Kier molecular flexibility index (Phi) is 17.7. The van der Waals surface area contributed by atoms with E-state index in [1.54, 1.807) is 0 Å². The van der Waals surface area contributed by atoms with Crippen molar-refractivity contribution in [2.75, 3.05) is 0 Å². The summed E-state index contributed by atoms with van der Waals surface area (Å²) in [5, 5.41) is 23.4. The fourth-order valence-electron chi connectivity index (χ4n) is 17.6. The number of hydrogen-bond acceptors (Lipinski definition) is 8. The third-order valence-corrected chi connectivity index (χ3v) is 22.9. The Hall–Kier alpha value is -15.7. The number of nitrogens with zero attached hydrogens (tertiary/aromatic N) is 8. The second-order valence-electron chi connectivity index (χ2n) is 29.3. The lowest BCUT2D eigenvalue weighted by Gasteiger charge is -2.34. The molecule has 21 rings (SSSR count). The van der Waals surface area contributed by atoms with Gasteiger partial charge in [-0.3, -0.25) is 0 Å². The number of fused-ring (bicyclic) bond motifs is 10. The molecule has 2 heterocycles. The van der Waals surface area contributed by atoms with Gasteiger partial charge in [0.25, 0.3) is 0 Å². The minimum atomic E-state index is -0.646. The number of rotatable bonds is 13. The highest BCUT2D eigenvalue weighted by Gasteiger charge is 2.49. The van der Waals surface area contributed by atoms with Crippen molar-refractivity contribution < 1.29 is 0 Å². The van der Waals surface area contributed by atoms with E-state index in [1.165, 1.54) is 72.0 Å². The highest BCUT2D eigenvalue weighted by Crippen LogP contribution is 2.61. The Balaban J connectivity index is 0.000000150. The third-order valence-electron chi connectivity index (χ3n) is 22.9. The molecule has 2 atom stereocenters. The monoisotopic (exact) mass is 1480 g/mol. The van der Waals surface area contributed by atoms with Gasteiger partial charge in [0, 0.05) is 33.4 Å². The summed E-state index contributed by atoms with van der Waals surface area (Å²) in [6, 6.07) is 149. The van der Waals surface area contributed by atoms with Gasteiger partial charge in [0.05, 0.1) is 34.1 Å². The molecule has 2 unspecified atom stereocenters. The smallest absolute Gasteiger partial charge is 0.164 e. The zero-order chi connectivity index (χ0) is 77.5. The maximum absolute atomic E-state index is 9.40. The van der Waals surface area contributed by atoms with Gasteiger partial charge in [-0.15, -0.1) is 0 Å². The summed E-state index contributed by atoms with van der Waals surface area (Å²) in [5.41, 5.74) is 26.9. The lowest BCUT2D eigenvalue weighted by atomic mass is 9.67. The first-order valence-electron chi connectivity index (χ1n) is 38.9. The minimum Gasteiger partial charge on any atom is -0.208 e. The molecule has 2 aliphatic rings. The van der Waals surface area contributed by atoms with E-state index in [4.69, 9.17) is 29.9 Å². The molecule has 0 radical (unpaired) electrons. The zero-order valence-electron chi connectivity index (χ0n) is 62.8. The molecule has 0 amide bonds. The van der Waals surface area contributed by atoms with Crippen LogP contribution in [0, 0.1) is 22.7 Å². The molecular formula is C108H68N8. The summed E-state index contributed by atoms with van der Waals surface area (Å²) < 4.78 is 0. The summed E-state index contributed by atoms with van der Waals surface area (Å²) in [6.45, 7) is 0. The maximum atomic E-state index is 9.40. The second-order valence-corrected chi connectivity index (χ2v) is 29.3. The van der Waals surface area contributed by atoms with Gasteiger partial charge < -0.3 is 0 Å². The molecule has 0 fully saturated rings. The van der Waals surface area contributed by atoms with Crippen LogP contribution in [-0.2, 0) is 10.8 Å². The zero-order valence-corrected chi connectivity index (χ0v) is 62.8. The van der Waals surface area contributed by atoms with Crippen molar-refractivity contribution in [2.24, 2.45) is 0 Å². The minimum absolute atomic E-state index is 0.596. The molecule has 0 aliphatic heterocycles. The Bertz CT molecular complexity index is 6900. The molecule has 0 saturated heterocycles. The van der Waals surface area contributed by atoms with Crippen LogP contribution in [0.15, 0.2) is 413 Å². The number of aromatic nitrogens is 6. The topological polar surface area (TPSA) is 125 Å². The lowest BCUT2D eigenvalue weighted by Crippen LogP contribution is -2.28. The number of benzene rings is 17. The molecule has 2 aromatic heterocycles. The van der Waals surface area contributed by atoms with E-state index in [1.807, 2.05) is 170 Å². The van der Waals surface area contributed by atoms with Gasteiger partial charge in [0.15, 0.2) is 34.9 Å². The van der Waals surface area contributed by atoms with Crippen molar-refractivity contribution >= 4 is 21.5 Å². The Morgan fingerprint density at radius 1 is 0.181 bits per heavy atom. The van der Waals surface area contributed by atoms with E-state index in [9.17, 15) is 10.5 Å². The van der Waals surface area contributed by atoms with Crippen LogP contribution in [0.25, 0.3) is 146 Å². The van der Waals surface area contributed by atoms with Crippen molar-refractivity contribution in [1.29, 1.82) is 10.5 Å². The Labute approximate surface area is 672 Å². The molecule has 8 heteroatoms. The standard InChI is InChI=1S/C57H36N4.C51H32N4/c58-37-38-24-26-39(27-25-38)40-32-34-46(35-33-40)57(45-18-8-3-9-19-45)51-23-13-12-22-49(51)53-48-21-11-10-20-47(48)50(36-52(53)57)41-28-30-44(31-29-41)56-60-54(42-14-4-1-5-15-42)59-55(61-56)43-16-6-2-7-17-43;52-33-34-24-26-35(27-25-34)36-28-30-40(31-29-36)51(39-18-8-3-9-19-39)45-23-13-12-22-43(45)47-42-21-11-10-20-41(42)44(32-46(47)51)50-54-48(37-14-4-1-5-15-37)53-49(55-50)38-16-6-2-7-17-38/h1-36H;1-32H. The van der Waals surface area contributed by atoms with E-state index in [-0.39, 0.29) is 0 Å². The summed E-state index contributed by atoms with van der Waals surface area (Å²) in [6.07, 6.45) is 0. The molecule has 8 nitrogen and oxygen atoms in total. The van der Waals surface area contributed by atoms with Gasteiger partial charge >= 0.3 is 0 Å². The van der Waals surface area contributed by atoms with Crippen LogP contribution in [-0.4, -0.2) is 29.9 Å². The van der Waals surface area contributed by atoms with Crippen molar-refractivity contribution in [3.8, 4) is 136 Å². The van der Waals surface area contributed by atoms with Crippen LogP contribution >= 0.6 is 0 Å². The van der Waals surface area contributed by atoms with E-state index in [2.05, 4.69) is 255 Å². The number of nitriles is 2. The van der Waals surface area contributed by atoms with Crippen LogP contribution in [0.3, 0.4) is 0 Å². The normalized spacial score (nSPS) is 14.1. The number of hydrogen-bond donors (Lipinski definition) is 0. The average molecular weight is 1480 g/mol. The Morgan fingerprint density at radius 3 is 0.784 bits per heavy atom. The van der Waals surface area contributed by atoms with Crippen molar-refractivity contribution in [2.45, 2.75) is 10.8 Å². The first kappa shape index (κ1) is 69.5. The summed E-state index contributed by atoms with van der Waals surface area (Å²) in [5.74, 6) is 3.79. The molecule has 17 aromatic carbocycles. The molecule has 19 aromatic rings. The van der Waals surface area contributed by atoms with E-state index >= 15 is 0 Å². The molecule has 116 heavy (non-hydrogen) atoms. The van der Waals surface area contributed by atoms with Gasteiger partial charge in [-0.25, -0.2) is 29.9 Å². The molecule has 0 N–H and O–H groups in total. The van der Waals surface area contributed by atoms with Gasteiger partial charge in [0.1, 0.15) is 0 Å². The first-order valence-corrected chi connectivity index (χ1v) is 38.9. The maximum Gasteiger partial charge on any atom is 0.164 e. The predicted molar refractivity (Wildman–Crippen MR) is 468 cm³/mol. The van der Waals surface area contributed by atoms with Gasteiger partial charge in [-0.2, -0.15) is 10.5 Å². The molecular weight excluding hydrogens is 1410 g/mol. The first-order chi connectivity index (χ1) is 57.4. The van der Waals surface area contributed by atoms with E-state index in [0.717, 1.165) is 83.1 Å². The summed E-state index contributed by atoms with van der Waals surface area (Å²) in [4.78, 5) is 30.4. The summed E-state index contributed by atoms with van der Waals surface area (Å²) >= 11 is 0. The van der Waals surface area contributed by atoms with Crippen molar-refractivity contribution in [1.82, 2.24) is 29.9 Å². The molecule has 0 bridgehead atoms. The van der Waals surface area contributed by atoms with Crippen molar-refractivity contribution in [3.05, 3.63) is 468 Å². The van der Waals surface area contributed by atoms with Gasteiger partial charge in [0.2, 0.25) is 0 Å². The van der Waals surface area contributed by atoms with E-state index < -0.39 is 10.8 Å². The quantitative estimate of drug-likeness (QED) is 0.112. The van der Waals surface area contributed by atoms with E-state index in [0.29, 0.717) is 46.1 Å². The van der Waals surface area contributed by atoms with Gasteiger partial charge in [-0.05, 0) is 158 Å². The fraction of sp³-hybridized carbons (Fsp3) is 0.0185. The van der Waals surface area contributed by atoms with Crippen LogP contribution in [0.1, 0.15) is 55.6 Å². The molecule has 0 spiro atoms. The fourth-order valence-corrected chi connectivity index (χ4v) is 17.6. The largest absolute Gasteiger partial charge is 0.208 e. The lowest BCUT2D eigenvalue weighted by molar-refractivity contribution is 0.769. The van der Waals surface area contributed by atoms with Crippen LogP contribution in [0.2, 0.25) is 0 Å². The average Bonchev–Trinajstić information content (AvgIpc) is 1.53. The highest BCUT2D eigenvalue weighted by molar-refractivity contribution is 6.11. The van der Waals surface area contributed by atoms with Gasteiger partial charge in [-0.1, -0.05) is 376 Å². The Morgan fingerprint density at radius 2 is 0.431 bits per heavy atom. The molecule has 2 aliphatic carbocycles. The third kappa shape index (κ3) is 12.0.